The third-order valence-electron chi connectivity index (χ3n) is 3.65. The Bertz CT molecular complexity index is 606. The zero-order valence-corrected chi connectivity index (χ0v) is 13.6. The lowest BCUT2D eigenvalue weighted by molar-refractivity contribution is -0.123. The Labute approximate surface area is 129 Å². The Morgan fingerprint density at radius 3 is 2.57 bits per heavy atom. The van der Waals surface area contributed by atoms with Gasteiger partial charge in [-0.2, -0.15) is 0 Å². The van der Waals surface area contributed by atoms with Crippen LogP contribution >= 0.6 is 11.8 Å². The van der Waals surface area contributed by atoms with E-state index < -0.39 is 10.0 Å². The van der Waals surface area contributed by atoms with Crippen LogP contribution < -0.4 is 10.5 Å². The molecule has 1 amide bonds. The van der Waals surface area contributed by atoms with Gasteiger partial charge < -0.3 is 5.32 Å². The standard InChI is InChI=1S/C14H20N2O3S2/c1-14(8-2-10-20-14)13(17)16-9-7-11-3-5-12(6-4-11)21(15,18)19/h3-6H,2,7-10H2,1H3,(H,16,17)(H2,15,18,19). The number of nitrogens with one attached hydrogen (secondary N) is 1. The van der Waals surface area contributed by atoms with Gasteiger partial charge in [0, 0.05) is 6.54 Å². The van der Waals surface area contributed by atoms with E-state index in [-0.39, 0.29) is 15.5 Å². The molecular weight excluding hydrogens is 308 g/mol. The van der Waals surface area contributed by atoms with Crippen LogP contribution in [0.5, 0.6) is 0 Å². The second-order valence-corrected chi connectivity index (χ2v) is 8.54. The lowest BCUT2D eigenvalue weighted by Gasteiger charge is -2.21. The third kappa shape index (κ3) is 4.21. The molecule has 21 heavy (non-hydrogen) atoms. The zero-order valence-electron chi connectivity index (χ0n) is 12.0. The van der Waals surface area contributed by atoms with Crippen molar-refractivity contribution in [2.45, 2.75) is 35.8 Å². The first-order valence-electron chi connectivity index (χ1n) is 6.85. The molecule has 1 saturated heterocycles. The second-order valence-electron chi connectivity index (χ2n) is 5.38. The van der Waals surface area contributed by atoms with Crippen molar-refractivity contribution in [3.8, 4) is 0 Å². The molecule has 1 aliphatic heterocycles. The van der Waals surface area contributed by atoms with Crippen molar-refractivity contribution >= 4 is 27.7 Å². The van der Waals surface area contributed by atoms with Crippen LogP contribution in [-0.4, -0.2) is 31.4 Å². The molecule has 3 N–H and O–H groups in total. The summed E-state index contributed by atoms with van der Waals surface area (Å²) in [4.78, 5) is 12.2. The fourth-order valence-corrected chi connectivity index (χ4v) is 4.06. The van der Waals surface area contributed by atoms with Crippen LogP contribution in [0.3, 0.4) is 0 Å². The van der Waals surface area contributed by atoms with Crippen LogP contribution in [0.15, 0.2) is 29.2 Å². The normalized spacial score (nSPS) is 22.2. The van der Waals surface area contributed by atoms with E-state index in [4.69, 9.17) is 5.14 Å². The fraction of sp³-hybridized carbons (Fsp3) is 0.500. The van der Waals surface area contributed by atoms with E-state index in [0.717, 1.165) is 24.2 Å². The highest BCUT2D eigenvalue weighted by Crippen LogP contribution is 2.37. The molecule has 0 aliphatic carbocycles. The molecule has 5 nitrogen and oxygen atoms in total. The molecule has 0 saturated carbocycles. The number of nitrogens with two attached hydrogens (primary N) is 1. The summed E-state index contributed by atoms with van der Waals surface area (Å²) in [6, 6.07) is 6.41. The number of rotatable bonds is 5. The van der Waals surface area contributed by atoms with Crippen molar-refractivity contribution in [3.05, 3.63) is 29.8 Å². The summed E-state index contributed by atoms with van der Waals surface area (Å²) in [7, 11) is -3.65. The third-order valence-corrected chi connectivity index (χ3v) is 6.10. The number of sulfonamides is 1. The molecule has 0 aromatic heterocycles. The average molecular weight is 328 g/mol. The van der Waals surface area contributed by atoms with Crippen LogP contribution in [0.25, 0.3) is 0 Å². The van der Waals surface area contributed by atoms with Gasteiger partial charge in [0.1, 0.15) is 0 Å². The summed E-state index contributed by atoms with van der Waals surface area (Å²) in [6.07, 6.45) is 2.67. The summed E-state index contributed by atoms with van der Waals surface area (Å²) in [5, 5.41) is 8.00. The van der Waals surface area contributed by atoms with Gasteiger partial charge in [-0.3, -0.25) is 4.79 Å². The maximum Gasteiger partial charge on any atom is 0.238 e. The van der Waals surface area contributed by atoms with Gasteiger partial charge in [0.25, 0.3) is 0 Å². The van der Waals surface area contributed by atoms with E-state index in [1.807, 2.05) is 6.92 Å². The number of thioether (sulfide) groups is 1. The first-order valence-corrected chi connectivity index (χ1v) is 9.38. The largest absolute Gasteiger partial charge is 0.355 e. The Balaban J connectivity index is 1.85. The Morgan fingerprint density at radius 2 is 2.05 bits per heavy atom. The van der Waals surface area contributed by atoms with E-state index in [0.29, 0.717) is 13.0 Å². The number of amides is 1. The van der Waals surface area contributed by atoms with Gasteiger partial charge in [-0.15, -0.1) is 11.8 Å². The molecule has 1 unspecified atom stereocenters. The summed E-state index contributed by atoms with van der Waals surface area (Å²) in [5.41, 5.74) is 0.965. The first-order chi connectivity index (χ1) is 9.81. The lowest BCUT2D eigenvalue weighted by Crippen LogP contribution is -2.41. The molecule has 1 aliphatic rings. The Kier molecular flexibility index (Phi) is 4.95. The quantitative estimate of drug-likeness (QED) is 0.852. The maximum absolute atomic E-state index is 12.1. The molecule has 0 bridgehead atoms. The highest BCUT2D eigenvalue weighted by atomic mass is 32.2. The van der Waals surface area contributed by atoms with Gasteiger partial charge in [0.15, 0.2) is 0 Å². The van der Waals surface area contributed by atoms with E-state index in [2.05, 4.69) is 5.32 Å². The van der Waals surface area contributed by atoms with Crippen LogP contribution in [0, 0.1) is 0 Å². The molecule has 0 spiro atoms. The minimum atomic E-state index is -3.65. The average Bonchev–Trinajstić information content (AvgIpc) is 2.86. The van der Waals surface area contributed by atoms with Crippen LogP contribution in [-0.2, 0) is 21.2 Å². The van der Waals surface area contributed by atoms with Crippen LogP contribution in [0.1, 0.15) is 25.3 Å². The molecule has 2 rings (SSSR count). The fourth-order valence-electron chi connectivity index (χ4n) is 2.31. The van der Waals surface area contributed by atoms with E-state index in [1.54, 1.807) is 23.9 Å². The second kappa shape index (κ2) is 6.37. The SMILES string of the molecule is CC1(C(=O)NCCc2ccc(S(N)(=O)=O)cc2)CCCS1. The van der Waals surface area contributed by atoms with E-state index >= 15 is 0 Å². The zero-order chi connectivity index (χ0) is 15.5. The summed E-state index contributed by atoms with van der Waals surface area (Å²) in [5.74, 6) is 1.13. The summed E-state index contributed by atoms with van der Waals surface area (Å²) >= 11 is 1.71. The van der Waals surface area contributed by atoms with Crippen molar-refractivity contribution in [1.29, 1.82) is 0 Å². The number of hydrogen-bond acceptors (Lipinski definition) is 4. The van der Waals surface area contributed by atoms with Gasteiger partial charge in [-0.05, 0) is 49.6 Å². The highest BCUT2D eigenvalue weighted by Gasteiger charge is 2.36. The first kappa shape index (κ1) is 16.3. The van der Waals surface area contributed by atoms with Crippen molar-refractivity contribution in [1.82, 2.24) is 5.32 Å². The molecular formula is C14H20N2O3S2. The number of benzene rings is 1. The Morgan fingerprint density at radius 1 is 1.38 bits per heavy atom. The van der Waals surface area contributed by atoms with Gasteiger partial charge >= 0.3 is 0 Å². The maximum atomic E-state index is 12.1. The van der Waals surface area contributed by atoms with Crippen molar-refractivity contribution in [3.63, 3.8) is 0 Å². The van der Waals surface area contributed by atoms with Gasteiger partial charge in [0.2, 0.25) is 15.9 Å². The summed E-state index contributed by atoms with van der Waals surface area (Å²) in [6.45, 7) is 2.53. The topological polar surface area (TPSA) is 89.3 Å². The molecule has 1 aromatic carbocycles. The van der Waals surface area contributed by atoms with Crippen molar-refractivity contribution in [2.24, 2.45) is 5.14 Å². The van der Waals surface area contributed by atoms with Gasteiger partial charge in [-0.1, -0.05) is 12.1 Å². The van der Waals surface area contributed by atoms with Gasteiger partial charge in [-0.25, -0.2) is 13.6 Å². The minimum absolute atomic E-state index is 0.0890. The lowest BCUT2D eigenvalue weighted by atomic mass is 10.0. The molecule has 0 radical (unpaired) electrons. The predicted octanol–water partition coefficient (Wildman–Crippen LogP) is 1.28. The smallest absolute Gasteiger partial charge is 0.238 e. The van der Waals surface area contributed by atoms with Crippen molar-refractivity contribution < 1.29 is 13.2 Å². The van der Waals surface area contributed by atoms with Gasteiger partial charge in [0.05, 0.1) is 9.64 Å². The molecule has 1 aromatic rings. The van der Waals surface area contributed by atoms with E-state index in [1.165, 1.54) is 12.1 Å². The molecule has 7 heteroatoms. The number of carbonyl (C=O) groups is 1. The molecule has 116 valence electrons. The molecule has 1 fully saturated rings. The highest BCUT2D eigenvalue weighted by molar-refractivity contribution is 8.01. The van der Waals surface area contributed by atoms with E-state index in [9.17, 15) is 13.2 Å². The summed E-state index contributed by atoms with van der Waals surface area (Å²) < 4.78 is 22.0. The van der Waals surface area contributed by atoms with Crippen molar-refractivity contribution in [2.75, 3.05) is 12.3 Å². The number of primary sulfonamides is 1. The number of hydrogen-bond donors (Lipinski definition) is 2. The number of carbonyl (C=O) groups excluding carboxylic acids is 1. The van der Waals surface area contributed by atoms with Crippen LogP contribution in [0.4, 0.5) is 0 Å². The minimum Gasteiger partial charge on any atom is -0.355 e. The van der Waals surface area contributed by atoms with Crippen LogP contribution in [0.2, 0.25) is 0 Å². The Hall–Kier alpha value is -1.05. The predicted molar refractivity (Wildman–Crippen MR) is 84.6 cm³/mol. The molecule has 1 heterocycles. The molecule has 1 atom stereocenters. The monoisotopic (exact) mass is 328 g/mol.